The molecule has 0 atom stereocenters. The summed E-state index contributed by atoms with van der Waals surface area (Å²) in [5, 5.41) is 18.9. The molecule has 0 heterocycles. The summed E-state index contributed by atoms with van der Waals surface area (Å²) in [4.78, 5) is 10.2. The minimum absolute atomic E-state index is 0.0293. The molecular formula is C13H13N3O5S. The van der Waals surface area contributed by atoms with Crippen LogP contribution in [-0.2, 0) is 10.0 Å². The maximum absolute atomic E-state index is 11.4. The molecule has 3 N–H and O–H groups in total. The molecule has 2 aromatic carbocycles. The van der Waals surface area contributed by atoms with Crippen LogP contribution in [0.5, 0.6) is 5.75 Å². The van der Waals surface area contributed by atoms with Gasteiger partial charge >= 0.3 is 0 Å². The van der Waals surface area contributed by atoms with Crippen LogP contribution in [0, 0.1) is 10.1 Å². The molecule has 0 saturated carbocycles. The number of methoxy groups -OCH3 is 1. The monoisotopic (exact) mass is 323 g/mol. The summed E-state index contributed by atoms with van der Waals surface area (Å²) >= 11 is 0. The van der Waals surface area contributed by atoms with E-state index in [1.807, 2.05) is 0 Å². The second-order valence-corrected chi connectivity index (χ2v) is 5.90. The smallest absolute Gasteiger partial charge is 0.292 e. The average Bonchev–Trinajstić information content (AvgIpc) is 2.47. The molecule has 0 aliphatic carbocycles. The lowest BCUT2D eigenvalue weighted by molar-refractivity contribution is -0.384. The molecule has 8 nitrogen and oxygen atoms in total. The maximum atomic E-state index is 11.4. The van der Waals surface area contributed by atoms with E-state index in [1.165, 1.54) is 7.11 Å². The number of nitro benzene ring substituents is 1. The normalized spacial score (nSPS) is 11.0. The highest BCUT2D eigenvalue weighted by Crippen LogP contribution is 2.30. The van der Waals surface area contributed by atoms with Crippen LogP contribution in [0.4, 0.5) is 17.1 Å². The van der Waals surface area contributed by atoms with Gasteiger partial charge in [-0.05, 0) is 36.4 Å². The first kappa shape index (κ1) is 15.7. The van der Waals surface area contributed by atoms with Gasteiger partial charge in [-0.1, -0.05) is 0 Å². The summed E-state index contributed by atoms with van der Waals surface area (Å²) in [6.07, 6.45) is 0. The van der Waals surface area contributed by atoms with E-state index >= 15 is 0 Å². The van der Waals surface area contributed by atoms with Gasteiger partial charge in [-0.25, -0.2) is 13.6 Å². The van der Waals surface area contributed by atoms with Crippen molar-refractivity contribution in [3.8, 4) is 5.75 Å². The Balaban J connectivity index is 2.44. The molecule has 0 radical (unpaired) electrons. The third kappa shape index (κ3) is 3.51. The van der Waals surface area contributed by atoms with Crippen LogP contribution in [-0.4, -0.2) is 20.5 Å². The number of nitrogens with two attached hydrogens (primary N) is 1. The number of primary sulfonamides is 1. The standard InChI is InChI=1S/C13H13N3O5S/c1-21-10-4-2-9(3-5-10)15-12-8-11(22(14,19)20)6-7-13(12)16(17)18/h2-8,15H,1H3,(H2,14,19,20). The van der Waals surface area contributed by atoms with Crippen molar-refractivity contribution in [3.05, 3.63) is 52.6 Å². The summed E-state index contributed by atoms with van der Waals surface area (Å²) in [6.45, 7) is 0. The lowest BCUT2D eigenvalue weighted by Gasteiger charge is -2.09. The van der Waals surface area contributed by atoms with Crippen molar-refractivity contribution in [2.24, 2.45) is 5.14 Å². The number of anilines is 2. The van der Waals surface area contributed by atoms with Crippen molar-refractivity contribution in [1.82, 2.24) is 0 Å². The van der Waals surface area contributed by atoms with Crippen molar-refractivity contribution in [3.63, 3.8) is 0 Å². The van der Waals surface area contributed by atoms with Gasteiger partial charge in [0, 0.05) is 11.8 Å². The number of nitrogens with one attached hydrogen (secondary N) is 1. The summed E-state index contributed by atoms with van der Waals surface area (Å²) in [7, 11) is -2.44. The zero-order chi connectivity index (χ0) is 16.3. The molecule has 0 unspecified atom stereocenters. The zero-order valence-electron chi connectivity index (χ0n) is 11.5. The summed E-state index contributed by atoms with van der Waals surface area (Å²) in [5.74, 6) is 0.623. The molecule has 9 heteroatoms. The maximum Gasteiger partial charge on any atom is 0.292 e. The Kier molecular flexibility index (Phi) is 4.29. The molecule has 116 valence electrons. The molecule has 0 aliphatic heterocycles. The first-order chi connectivity index (χ1) is 10.3. The van der Waals surface area contributed by atoms with Crippen LogP contribution in [0.25, 0.3) is 0 Å². The van der Waals surface area contributed by atoms with E-state index in [9.17, 15) is 18.5 Å². The highest BCUT2D eigenvalue weighted by molar-refractivity contribution is 7.89. The lowest BCUT2D eigenvalue weighted by atomic mass is 10.2. The molecule has 2 aromatic rings. The van der Waals surface area contributed by atoms with Crippen molar-refractivity contribution < 1.29 is 18.1 Å². The number of nitrogens with zero attached hydrogens (tertiary/aromatic N) is 1. The molecule has 22 heavy (non-hydrogen) atoms. The molecular weight excluding hydrogens is 310 g/mol. The van der Waals surface area contributed by atoms with Crippen LogP contribution >= 0.6 is 0 Å². The fourth-order valence-corrected chi connectivity index (χ4v) is 2.32. The van der Waals surface area contributed by atoms with Gasteiger partial charge in [-0.15, -0.1) is 0 Å². The molecule has 0 aliphatic rings. The van der Waals surface area contributed by atoms with E-state index in [0.717, 1.165) is 18.2 Å². The highest BCUT2D eigenvalue weighted by atomic mass is 32.2. The van der Waals surface area contributed by atoms with Crippen molar-refractivity contribution >= 4 is 27.1 Å². The van der Waals surface area contributed by atoms with Crippen molar-refractivity contribution in [1.29, 1.82) is 0 Å². The Hall–Kier alpha value is -2.65. The van der Waals surface area contributed by atoms with Gasteiger partial charge in [-0.2, -0.15) is 0 Å². The number of hydrogen-bond donors (Lipinski definition) is 2. The summed E-state index contributed by atoms with van der Waals surface area (Å²) < 4.78 is 27.7. The van der Waals surface area contributed by atoms with Crippen LogP contribution in [0.15, 0.2) is 47.4 Å². The van der Waals surface area contributed by atoms with E-state index in [2.05, 4.69) is 5.32 Å². The van der Waals surface area contributed by atoms with Gasteiger partial charge in [0.25, 0.3) is 5.69 Å². The SMILES string of the molecule is COc1ccc(Nc2cc(S(N)(=O)=O)ccc2[N+](=O)[O-])cc1. The second kappa shape index (κ2) is 6.00. The number of rotatable bonds is 5. The Morgan fingerprint density at radius 1 is 1.18 bits per heavy atom. The van der Waals surface area contributed by atoms with Gasteiger partial charge < -0.3 is 10.1 Å². The number of hydrogen-bond acceptors (Lipinski definition) is 6. The van der Waals surface area contributed by atoms with Crippen molar-refractivity contribution in [2.75, 3.05) is 12.4 Å². The number of sulfonamides is 1. The third-order valence-corrected chi connectivity index (χ3v) is 3.77. The molecule has 0 spiro atoms. The van der Waals surface area contributed by atoms with Crippen LogP contribution in [0.2, 0.25) is 0 Å². The largest absolute Gasteiger partial charge is 0.497 e. The molecule has 0 fully saturated rings. The number of ether oxygens (including phenoxy) is 1. The van der Waals surface area contributed by atoms with Gasteiger partial charge in [0.15, 0.2) is 0 Å². The first-order valence-corrected chi connectivity index (χ1v) is 7.58. The Bertz CT molecular complexity index is 803. The predicted octanol–water partition coefficient (Wildman–Crippen LogP) is 1.99. The van der Waals surface area contributed by atoms with E-state index in [1.54, 1.807) is 24.3 Å². The van der Waals surface area contributed by atoms with E-state index in [0.29, 0.717) is 11.4 Å². The van der Waals surface area contributed by atoms with Gasteiger partial charge in [0.1, 0.15) is 11.4 Å². The first-order valence-electron chi connectivity index (χ1n) is 6.03. The molecule has 0 amide bonds. The fraction of sp³-hybridized carbons (Fsp3) is 0.0769. The molecule has 0 saturated heterocycles. The second-order valence-electron chi connectivity index (χ2n) is 4.33. The van der Waals surface area contributed by atoms with Crippen molar-refractivity contribution in [2.45, 2.75) is 4.90 Å². The quantitative estimate of drug-likeness (QED) is 0.640. The highest BCUT2D eigenvalue weighted by Gasteiger charge is 2.18. The topological polar surface area (TPSA) is 125 Å². The van der Waals surface area contributed by atoms with Crippen LogP contribution in [0.1, 0.15) is 0 Å². The fourth-order valence-electron chi connectivity index (χ4n) is 1.78. The molecule has 2 rings (SSSR count). The average molecular weight is 323 g/mol. The summed E-state index contributed by atoms with van der Waals surface area (Å²) in [6, 6.07) is 9.92. The third-order valence-electron chi connectivity index (χ3n) is 2.86. The van der Waals surface area contributed by atoms with Gasteiger partial charge in [0.2, 0.25) is 10.0 Å². The number of benzene rings is 2. The van der Waals surface area contributed by atoms with E-state index < -0.39 is 14.9 Å². The minimum atomic E-state index is -3.95. The lowest BCUT2D eigenvalue weighted by Crippen LogP contribution is -2.12. The van der Waals surface area contributed by atoms with Gasteiger partial charge in [-0.3, -0.25) is 10.1 Å². The molecule has 0 aromatic heterocycles. The Morgan fingerprint density at radius 2 is 1.82 bits per heavy atom. The van der Waals surface area contributed by atoms with Crippen LogP contribution < -0.4 is 15.2 Å². The van der Waals surface area contributed by atoms with E-state index in [4.69, 9.17) is 9.88 Å². The Labute approximate surface area is 126 Å². The van der Waals surface area contributed by atoms with Gasteiger partial charge in [0.05, 0.1) is 16.9 Å². The predicted molar refractivity (Wildman–Crippen MR) is 80.7 cm³/mol. The van der Waals surface area contributed by atoms with Crippen LogP contribution in [0.3, 0.4) is 0 Å². The summed E-state index contributed by atoms with van der Waals surface area (Å²) in [5.41, 5.74) is 0.306. The Morgan fingerprint density at radius 3 is 2.32 bits per heavy atom. The van der Waals surface area contributed by atoms with E-state index in [-0.39, 0.29) is 16.3 Å². The number of nitro groups is 1. The molecule has 0 bridgehead atoms. The minimum Gasteiger partial charge on any atom is -0.497 e. The zero-order valence-corrected chi connectivity index (χ0v) is 12.3.